The van der Waals surface area contributed by atoms with Crippen LogP contribution < -0.4 is 0 Å². The van der Waals surface area contributed by atoms with Gasteiger partial charge in [-0.1, -0.05) is 5.92 Å². The van der Waals surface area contributed by atoms with E-state index < -0.39 is 5.97 Å². The lowest BCUT2D eigenvalue weighted by atomic mass is 10.2. The number of aryl methyl sites for hydroxylation is 1. The minimum atomic E-state index is -0.842. The summed E-state index contributed by atoms with van der Waals surface area (Å²) >= 11 is 0. The Morgan fingerprint density at radius 2 is 2.32 bits per heavy atom. The second-order valence-corrected chi connectivity index (χ2v) is 4.20. The zero-order valence-corrected chi connectivity index (χ0v) is 10.3. The summed E-state index contributed by atoms with van der Waals surface area (Å²) < 4.78 is 15.0. The Morgan fingerprint density at radius 1 is 1.53 bits per heavy atom. The number of carboxylic acid groups (broad SMARTS) is 1. The highest BCUT2D eigenvalue weighted by atomic mass is 19.1. The van der Waals surface area contributed by atoms with Gasteiger partial charge in [0.1, 0.15) is 11.6 Å². The molecule has 0 fully saturated rings. The molecule has 0 aliphatic heterocycles. The van der Waals surface area contributed by atoms with E-state index in [0.717, 1.165) is 5.52 Å². The molecule has 19 heavy (non-hydrogen) atoms. The molecule has 0 spiro atoms. The van der Waals surface area contributed by atoms with E-state index in [1.54, 1.807) is 6.07 Å². The van der Waals surface area contributed by atoms with Crippen molar-refractivity contribution < 1.29 is 14.3 Å². The van der Waals surface area contributed by atoms with E-state index in [4.69, 9.17) is 11.5 Å². The lowest BCUT2D eigenvalue weighted by Crippen LogP contribution is -2.04. The minimum absolute atomic E-state index is 0.0770. The van der Waals surface area contributed by atoms with Gasteiger partial charge < -0.3 is 9.67 Å². The second kappa shape index (κ2) is 5.53. The van der Waals surface area contributed by atoms with E-state index in [-0.39, 0.29) is 12.2 Å². The maximum absolute atomic E-state index is 13.2. The summed E-state index contributed by atoms with van der Waals surface area (Å²) in [6.07, 6.45) is 6.38. The molecule has 2 rings (SSSR count). The fraction of sp³-hybridized carbons (Fsp3) is 0.286. The molecule has 0 atom stereocenters. The van der Waals surface area contributed by atoms with Gasteiger partial charge in [-0.05, 0) is 18.6 Å². The Hall–Kier alpha value is -2.35. The van der Waals surface area contributed by atoms with Crippen molar-refractivity contribution in [2.24, 2.45) is 0 Å². The molecule has 2 aromatic rings. The van der Waals surface area contributed by atoms with Crippen LogP contribution in [-0.2, 0) is 17.8 Å². The lowest BCUT2D eigenvalue weighted by Gasteiger charge is -2.04. The van der Waals surface area contributed by atoms with Crippen LogP contribution in [0.2, 0.25) is 0 Å². The largest absolute Gasteiger partial charge is 0.481 e. The molecule has 0 unspecified atom stereocenters. The third-order valence-corrected chi connectivity index (χ3v) is 2.83. The summed E-state index contributed by atoms with van der Waals surface area (Å²) in [5.41, 5.74) is 1.31. The van der Waals surface area contributed by atoms with Gasteiger partial charge in [0.2, 0.25) is 0 Å². The Labute approximate surface area is 109 Å². The van der Waals surface area contributed by atoms with Crippen LogP contribution in [0, 0.1) is 18.2 Å². The average Bonchev–Trinajstić information content (AvgIpc) is 2.67. The first kappa shape index (κ1) is 13.1. The molecular formula is C14H13FN2O2. The highest BCUT2D eigenvalue weighted by Gasteiger charge is 2.11. The van der Waals surface area contributed by atoms with Gasteiger partial charge in [0.15, 0.2) is 0 Å². The molecule has 1 N–H and O–H groups in total. The van der Waals surface area contributed by atoms with E-state index in [1.165, 1.54) is 12.1 Å². The number of hydrogen-bond acceptors (Lipinski definition) is 2. The number of carboxylic acids is 1. The van der Waals surface area contributed by atoms with Crippen molar-refractivity contribution in [3.05, 3.63) is 29.8 Å². The maximum Gasteiger partial charge on any atom is 0.303 e. The van der Waals surface area contributed by atoms with Crippen molar-refractivity contribution in [3.8, 4) is 12.3 Å². The highest BCUT2D eigenvalue weighted by molar-refractivity contribution is 5.76. The number of nitrogens with zero attached hydrogens (tertiary/aromatic N) is 2. The van der Waals surface area contributed by atoms with Crippen LogP contribution in [0.3, 0.4) is 0 Å². The standard InChI is InChI=1S/C14H13FN2O2/c1-2-8-17-12-7-6-10(15)9-11(12)16-13(17)4-3-5-14(18)19/h1,6-7,9H,3-5,8H2,(H,18,19). The van der Waals surface area contributed by atoms with E-state index in [1.807, 2.05) is 4.57 Å². The van der Waals surface area contributed by atoms with Crippen molar-refractivity contribution in [3.63, 3.8) is 0 Å². The first-order valence-electron chi connectivity index (χ1n) is 5.91. The van der Waals surface area contributed by atoms with Gasteiger partial charge in [0.25, 0.3) is 0 Å². The summed E-state index contributed by atoms with van der Waals surface area (Å²) in [7, 11) is 0. The highest BCUT2D eigenvalue weighted by Crippen LogP contribution is 2.18. The van der Waals surface area contributed by atoms with E-state index in [9.17, 15) is 9.18 Å². The van der Waals surface area contributed by atoms with Gasteiger partial charge in [-0.3, -0.25) is 4.79 Å². The van der Waals surface area contributed by atoms with Crippen molar-refractivity contribution in [1.82, 2.24) is 9.55 Å². The molecule has 0 amide bonds. The third kappa shape index (κ3) is 2.91. The molecule has 0 aliphatic rings. The Kier molecular flexibility index (Phi) is 3.81. The van der Waals surface area contributed by atoms with Crippen LogP contribution in [0.4, 0.5) is 4.39 Å². The summed E-state index contributed by atoms with van der Waals surface area (Å²) in [6.45, 7) is 0.338. The monoisotopic (exact) mass is 260 g/mol. The molecule has 1 aromatic heterocycles. The number of aliphatic carboxylic acids is 1. The van der Waals surface area contributed by atoms with E-state index in [0.29, 0.717) is 30.7 Å². The lowest BCUT2D eigenvalue weighted by molar-refractivity contribution is -0.137. The van der Waals surface area contributed by atoms with Crippen LogP contribution in [0.5, 0.6) is 0 Å². The van der Waals surface area contributed by atoms with Gasteiger partial charge in [-0.15, -0.1) is 6.42 Å². The zero-order chi connectivity index (χ0) is 13.8. The second-order valence-electron chi connectivity index (χ2n) is 4.20. The van der Waals surface area contributed by atoms with Crippen LogP contribution in [-0.4, -0.2) is 20.6 Å². The van der Waals surface area contributed by atoms with Crippen LogP contribution in [0.25, 0.3) is 11.0 Å². The van der Waals surface area contributed by atoms with Crippen molar-refractivity contribution in [2.75, 3.05) is 0 Å². The predicted molar refractivity (Wildman–Crippen MR) is 69.1 cm³/mol. The summed E-state index contributed by atoms with van der Waals surface area (Å²) in [5, 5.41) is 8.63. The molecule has 0 aliphatic carbocycles. The topological polar surface area (TPSA) is 55.1 Å². The molecular weight excluding hydrogens is 247 g/mol. The van der Waals surface area contributed by atoms with Gasteiger partial charge in [-0.25, -0.2) is 9.37 Å². The number of carbonyl (C=O) groups is 1. The van der Waals surface area contributed by atoms with Gasteiger partial charge in [0.05, 0.1) is 17.6 Å². The number of benzene rings is 1. The van der Waals surface area contributed by atoms with Crippen molar-refractivity contribution >= 4 is 17.0 Å². The predicted octanol–water partition coefficient (Wildman–Crippen LogP) is 2.22. The zero-order valence-electron chi connectivity index (χ0n) is 10.3. The third-order valence-electron chi connectivity index (χ3n) is 2.83. The van der Waals surface area contributed by atoms with Crippen molar-refractivity contribution in [2.45, 2.75) is 25.8 Å². The van der Waals surface area contributed by atoms with E-state index in [2.05, 4.69) is 10.9 Å². The quantitative estimate of drug-likeness (QED) is 0.839. The molecule has 4 nitrogen and oxygen atoms in total. The van der Waals surface area contributed by atoms with Gasteiger partial charge in [0, 0.05) is 18.9 Å². The number of hydrogen-bond donors (Lipinski definition) is 1. The smallest absolute Gasteiger partial charge is 0.303 e. The molecule has 5 heteroatoms. The Bertz CT molecular complexity index is 655. The maximum atomic E-state index is 13.2. The van der Waals surface area contributed by atoms with Gasteiger partial charge >= 0.3 is 5.97 Å². The minimum Gasteiger partial charge on any atom is -0.481 e. The molecule has 0 saturated heterocycles. The first-order valence-corrected chi connectivity index (χ1v) is 5.91. The number of rotatable bonds is 5. The average molecular weight is 260 g/mol. The number of terminal acetylenes is 1. The summed E-state index contributed by atoms with van der Waals surface area (Å²) in [6, 6.07) is 4.34. The van der Waals surface area contributed by atoms with Gasteiger partial charge in [-0.2, -0.15) is 0 Å². The van der Waals surface area contributed by atoms with Crippen LogP contribution in [0.15, 0.2) is 18.2 Å². The Balaban J connectivity index is 2.33. The SMILES string of the molecule is C#CCn1c(CCCC(=O)O)nc2cc(F)ccc21. The molecule has 98 valence electrons. The fourth-order valence-corrected chi connectivity index (χ4v) is 2.01. The van der Waals surface area contributed by atoms with Crippen LogP contribution in [0.1, 0.15) is 18.7 Å². The first-order chi connectivity index (χ1) is 9.11. The molecule has 0 saturated carbocycles. The normalized spacial score (nSPS) is 10.5. The number of fused-ring (bicyclic) bond motifs is 1. The summed E-state index contributed by atoms with van der Waals surface area (Å²) in [5.74, 6) is 2.03. The fourth-order valence-electron chi connectivity index (χ4n) is 2.01. The number of aromatic nitrogens is 2. The molecule has 1 heterocycles. The molecule has 0 radical (unpaired) electrons. The molecule has 0 bridgehead atoms. The number of imidazole rings is 1. The van der Waals surface area contributed by atoms with Crippen LogP contribution >= 0.6 is 0 Å². The van der Waals surface area contributed by atoms with E-state index >= 15 is 0 Å². The molecule has 1 aromatic carbocycles. The Morgan fingerprint density at radius 3 is 3.00 bits per heavy atom. The summed E-state index contributed by atoms with van der Waals surface area (Å²) in [4.78, 5) is 14.8. The van der Waals surface area contributed by atoms with Crippen molar-refractivity contribution in [1.29, 1.82) is 0 Å². The number of halogens is 1.